The van der Waals surface area contributed by atoms with Crippen LogP contribution in [0.2, 0.25) is 10.0 Å². The van der Waals surface area contributed by atoms with Crippen LogP contribution < -0.4 is 5.73 Å². The number of esters is 1. The van der Waals surface area contributed by atoms with Gasteiger partial charge in [-0.1, -0.05) is 23.2 Å². The van der Waals surface area contributed by atoms with Crippen LogP contribution in [0.25, 0.3) is 0 Å². The molecule has 2 fully saturated rings. The molecular formula is C30H32Cl2F2N4O4. The molecule has 42 heavy (non-hydrogen) atoms. The van der Waals surface area contributed by atoms with E-state index in [1.165, 1.54) is 18.6 Å². The number of benzene rings is 1. The van der Waals surface area contributed by atoms with Crippen LogP contribution in [-0.2, 0) is 20.9 Å². The van der Waals surface area contributed by atoms with E-state index in [1.807, 2.05) is 0 Å². The van der Waals surface area contributed by atoms with Crippen LogP contribution in [0.15, 0.2) is 47.4 Å². The first-order valence-corrected chi connectivity index (χ1v) is 14.6. The number of pyridine rings is 1. The molecule has 1 heterocycles. The fourth-order valence-corrected chi connectivity index (χ4v) is 5.71. The number of aromatic nitrogens is 1. The second-order valence-electron chi connectivity index (χ2n) is 10.5. The van der Waals surface area contributed by atoms with Crippen molar-refractivity contribution in [3.63, 3.8) is 0 Å². The summed E-state index contributed by atoms with van der Waals surface area (Å²) in [5.74, 6) is -3.22. The summed E-state index contributed by atoms with van der Waals surface area (Å²) >= 11 is 12.4. The number of carbonyl (C=O) groups excluding carboxylic acids is 3. The van der Waals surface area contributed by atoms with Crippen LogP contribution in [0.3, 0.4) is 0 Å². The van der Waals surface area contributed by atoms with Gasteiger partial charge < -0.3 is 15.4 Å². The molecule has 4 rings (SSSR count). The maximum absolute atomic E-state index is 14.0. The highest BCUT2D eigenvalue weighted by Crippen LogP contribution is 2.36. The molecule has 1 aromatic carbocycles. The number of halogens is 4. The number of aliphatic imine (C=N–C) groups is 1. The van der Waals surface area contributed by atoms with E-state index in [1.54, 1.807) is 6.92 Å². The number of nitrogens with zero attached hydrogens (tertiary/aromatic N) is 3. The van der Waals surface area contributed by atoms with Crippen LogP contribution in [-0.4, -0.2) is 52.4 Å². The number of nitrogens with two attached hydrogens (primary N) is 1. The van der Waals surface area contributed by atoms with Crippen molar-refractivity contribution in [2.24, 2.45) is 22.6 Å². The van der Waals surface area contributed by atoms with Gasteiger partial charge in [0.15, 0.2) is 5.78 Å². The lowest BCUT2D eigenvalue weighted by Gasteiger charge is -2.27. The van der Waals surface area contributed by atoms with Gasteiger partial charge in [0.2, 0.25) is 0 Å². The molecule has 2 aliphatic carbocycles. The summed E-state index contributed by atoms with van der Waals surface area (Å²) in [7, 11) is 0. The third kappa shape index (κ3) is 7.92. The van der Waals surface area contributed by atoms with E-state index in [-0.39, 0.29) is 57.1 Å². The molecule has 224 valence electrons. The molecule has 0 radical (unpaired) electrons. The highest BCUT2D eigenvalue weighted by atomic mass is 35.5. The molecule has 0 spiro atoms. The quantitative estimate of drug-likeness (QED) is 0.149. The average Bonchev–Trinajstić information content (AvgIpc) is 3.78. The highest BCUT2D eigenvalue weighted by Gasteiger charge is 2.36. The van der Waals surface area contributed by atoms with Gasteiger partial charge in [-0.2, -0.15) is 0 Å². The van der Waals surface area contributed by atoms with E-state index in [0.29, 0.717) is 38.0 Å². The first-order valence-electron chi connectivity index (χ1n) is 13.8. The number of amides is 1. The number of hydrogen-bond acceptors (Lipinski definition) is 7. The van der Waals surface area contributed by atoms with Crippen molar-refractivity contribution < 1.29 is 27.9 Å². The van der Waals surface area contributed by atoms with Gasteiger partial charge in [-0.25, -0.2) is 8.78 Å². The van der Waals surface area contributed by atoms with E-state index in [0.717, 1.165) is 35.9 Å². The minimum Gasteiger partial charge on any atom is -0.466 e. The van der Waals surface area contributed by atoms with Crippen molar-refractivity contribution in [1.29, 1.82) is 0 Å². The highest BCUT2D eigenvalue weighted by molar-refractivity contribution is 6.39. The molecule has 2 saturated carbocycles. The first kappa shape index (κ1) is 31.6. The lowest BCUT2D eigenvalue weighted by molar-refractivity contribution is -0.149. The van der Waals surface area contributed by atoms with Crippen LogP contribution in [0.1, 0.15) is 61.4 Å². The molecule has 12 heteroatoms. The average molecular weight is 622 g/mol. The predicted molar refractivity (Wildman–Crippen MR) is 155 cm³/mol. The number of carbonyl (C=O) groups is 3. The van der Waals surface area contributed by atoms with E-state index in [2.05, 4.69) is 4.98 Å². The van der Waals surface area contributed by atoms with Gasteiger partial charge in [0.1, 0.15) is 11.6 Å². The SMILES string of the molecule is CCOC(=O)C1CCC(N=C(C(=CN)C(=O)N(CC(=O)c2c(Cl)cncc2Cl)Cc2cc(F)cc(F)c2)C2CC2)CC1. The maximum Gasteiger partial charge on any atom is 0.308 e. The van der Waals surface area contributed by atoms with Gasteiger partial charge in [-0.15, -0.1) is 0 Å². The van der Waals surface area contributed by atoms with Crippen molar-refractivity contribution in [3.8, 4) is 0 Å². The Balaban J connectivity index is 1.61. The van der Waals surface area contributed by atoms with Crippen molar-refractivity contribution in [2.75, 3.05) is 13.2 Å². The van der Waals surface area contributed by atoms with Crippen molar-refractivity contribution in [3.05, 3.63) is 75.2 Å². The van der Waals surface area contributed by atoms with E-state index >= 15 is 0 Å². The standard InChI is InChI=1S/C30H32Cl2F2N4O4/c1-2-42-30(41)19-5-7-22(8-6-19)37-28(18-3-4-18)23(12-35)29(40)38(15-17-9-20(33)11-21(34)10-17)16-26(39)27-24(31)13-36-14-25(27)32/h9-14,18-19,22H,2-8,15-16,35H2,1H3. The Morgan fingerprint density at radius 1 is 1.02 bits per heavy atom. The zero-order valence-electron chi connectivity index (χ0n) is 23.1. The normalized spacial score (nSPS) is 19.4. The lowest BCUT2D eigenvalue weighted by atomic mass is 9.86. The molecule has 2 aliphatic rings. The van der Waals surface area contributed by atoms with Crippen LogP contribution in [0, 0.1) is 23.5 Å². The number of ether oxygens (including phenoxy) is 1. The minimum atomic E-state index is -0.822. The van der Waals surface area contributed by atoms with Gasteiger partial charge in [-0.3, -0.25) is 24.4 Å². The Labute approximate surface area is 252 Å². The molecule has 0 bridgehead atoms. The van der Waals surface area contributed by atoms with Crippen molar-refractivity contribution in [2.45, 2.75) is 58.0 Å². The van der Waals surface area contributed by atoms with E-state index in [4.69, 9.17) is 38.7 Å². The second kappa shape index (κ2) is 14.2. The van der Waals surface area contributed by atoms with E-state index in [9.17, 15) is 23.2 Å². The van der Waals surface area contributed by atoms with Gasteiger partial charge in [0.05, 0.1) is 52.0 Å². The molecule has 0 aliphatic heterocycles. The zero-order chi connectivity index (χ0) is 30.4. The fourth-order valence-electron chi connectivity index (χ4n) is 5.14. The smallest absolute Gasteiger partial charge is 0.308 e. The molecule has 0 saturated heterocycles. The molecule has 0 atom stereocenters. The Hall–Kier alpha value is -3.37. The Kier molecular flexibility index (Phi) is 10.7. The number of Topliss-reactive ketones (excluding diaryl/α,β-unsaturated/α-hetero) is 1. The van der Waals surface area contributed by atoms with Gasteiger partial charge in [-0.05, 0) is 63.1 Å². The largest absolute Gasteiger partial charge is 0.466 e. The number of ketones is 1. The second-order valence-corrected chi connectivity index (χ2v) is 11.3. The summed E-state index contributed by atoms with van der Waals surface area (Å²) in [5.41, 5.74) is 6.76. The summed E-state index contributed by atoms with van der Waals surface area (Å²) in [5, 5.41) is 0.00915. The maximum atomic E-state index is 14.0. The molecule has 1 amide bonds. The molecule has 8 nitrogen and oxygen atoms in total. The monoisotopic (exact) mass is 620 g/mol. The molecular weight excluding hydrogens is 589 g/mol. The van der Waals surface area contributed by atoms with Crippen LogP contribution in [0.4, 0.5) is 8.78 Å². The zero-order valence-corrected chi connectivity index (χ0v) is 24.6. The Morgan fingerprint density at radius 3 is 2.17 bits per heavy atom. The molecule has 2 N–H and O–H groups in total. The lowest BCUT2D eigenvalue weighted by Crippen LogP contribution is -2.39. The van der Waals surface area contributed by atoms with Crippen LogP contribution in [0.5, 0.6) is 0 Å². The molecule has 2 aromatic rings. The number of hydrogen-bond donors (Lipinski definition) is 1. The molecule has 0 unspecified atom stereocenters. The summed E-state index contributed by atoms with van der Waals surface area (Å²) in [4.78, 5) is 49.5. The van der Waals surface area contributed by atoms with Crippen molar-refractivity contribution in [1.82, 2.24) is 9.88 Å². The molecule has 1 aromatic heterocycles. The Bertz CT molecular complexity index is 1370. The van der Waals surface area contributed by atoms with Gasteiger partial charge >= 0.3 is 5.97 Å². The summed E-state index contributed by atoms with van der Waals surface area (Å²) < 4.78 is 33.2. The Morgan fingerprint density at radius 2 is 1.62 bits per heavy atom. The summed E-state index contributed by atoms with van der Waals surface area (Å²) in [6.45, 7) is 1.31. The number of rotatable bonds is 11. The third-order valence-corrected chi connectivity index (χ3v) is 7.90. The predicted octanol–water partition coefficient (Wildman–Crippen LogP) is 5.69. The summed E-state index contributed by atoms with van der Waals surface area (Å²) in [6.07, 6.45) is 7.86. The van der Waals surface area contributed by atoms with Crippen LogP contribution >= 0.6 is 23.2 Å². The van der Waals surface area contributed by atoms with E-state index < -0.39 is 29.9 Å². The summed E-state index contributed by atoms with van der Waals surface area (Å²) in [6, 6.07) is 2.78. The third-order valence-electron chi connectivity index (χ3n) is 7.33. The first-order chi connectivity index (χ1) is 20.1. The van der Waals surface area contributed by atoms with Crippen molar-refractivity contribution >= 4 is 46.6 Å². The van der Waals surface area contributed by atoms with Gasteiger partial charge in [0, 0.05) is 37.1 Å². The minimum absolute atomic E-state index is 0.00458. The fraction of sp³-hybridized carbons (Fsp3) is 0.433. The topological polar surface area (TPSA) is 115 Å². The van der Waals surface area contributed by atoms with Gasteiger partial charge in [0.25, 0.3) is 5.91 Å².